The number of carbonyl (C=O) groups excluding carboxylic acids is 1. The van der Waals surface area contributed by atoms with Crippen LogP contribution in [0.3, 0.4) is 0 Å². The lowest BCUT2D eigenvalue weighted by atomic mass is 10.1. The number of nitrogens with one attached hydrogen (secondary N) is 1. The molecule has 1 N–H and O–H groups in total. The first-order valence-corrected chi connectivity index (χ1v) is 10.0. The van der Waals surface area contributed by atoms with Crippen LogP contribution >= 0.6 is 0 Å². The summed E-state index contributed by atoms with van der Waals surface area (Å²) in [5.41, 5.74) is 2.13. The summed E-state index contributed by atoms with van der Waals surface area (Å²) < 4.78 is 5.27. The minimum Gasteiger partial charge on any atom is -0.370 e. The van der Waals surface area contributed by atoms with Crippen molar-refractivity contribution in [3.8, 4) is 11.4 Å². The molecule has 1 atom stereocenters. The average Bonchev–Trinajstić information content (AvgIpc) is 3.34. The van der Waals surface area contributed by atoms with E-state index >= 15 is 0 Å². The van der Waals surface area contributed by atoms with Gasteiger partial charge in [0, 0.05) is 36.8 Å². The molecule has 1 fully saturated rings. The predicted octanol–water partition coefficient (Wildman–Crippen LogP) is 2.93. The highest BCUT2D eigenvalue weighted by molar-refractivity contribution is 5.75. The second kappa shape index (κ2) is 9.19. The van der Waals surface area contributed by atoms with Crippen LogP contribution in [-0.4, -0.2) is 54.2 Å². The van der Waals surface area contributed by atoms with E-state index < -0.39 is 0 Å². The number of benzene rings is 1. The normalized spacial score (nSPS) is 16.9. The Morgan fingerprint density at radius 1 is 1.32 bits per heavy atom. The smallest absolute Gasteiger partial charge is 0.246 e. The van der Waals surface area contributed by atoms with E-state index in [0.717, 1.165) is 25.1 Å². The van der Waals surface area contributed by atoms with Crippen molar-refractivity contribution in [2.45, 2.75) is 45.7 Å². The fourth-order valence-electron chi connectivity index (χ4n) is 3.35. The molecular formula is C21H31N5O2. The van der Waals surface area contributed by atoms with Gasteiger partial charge in [0.15, 0.2) is 0 Å². The molecule has 2 heterocycles. The van der Waals surface area contributed by atoms with Gasteiger partial charge in [-0.15, -0.1) is 0 Å². The van der Waals surface area contributed by atoms with E-state index in [4.69, 9.17) is 4.52 Å². The molecule has 0 bridgehead atoms. The lowest BCUT2D eigenvalue weighted by molar-refractivity contribution is -0.121. The molecule has 7 heteroatoms. The van der Waals surface area contributed by atoms with Crippen LogP contribution in [-0.2, 0) is 11.3 Å². The quantitative estimate of drug-likeness (QED) is 0.753. The van der Waals surface area contributed by atoms with E-state index in [1.165, 1.54) is 12.1 Å². The maximum absolute atomic E-state index is 11.8. The maximum atomic E-state index is 11.8. The molecule has 28 heavy (non-hydrogen) atoms. The van der Waals surface area contributed by atoms with Gasteiger partial charge in [-0.25, -0.2) is 0 Å². The van der Waals surface area contributed by atoms with E-state index in [1.54, 1.807) is 0 Å². The number of rotatable bonds is 8. The monoisotopic (exact) mass is 385 g/mol. The van der Waals surface area contributed by atoms with Crippen molar-refractivity contribution in [1.82, 2.24) is 20.4 Å². The standard InChI is InChI=1S/C21H31N5O2/c1-15(2)5-10-19(27)22-13-20-23-21(24-28-20)16-6-8-17(9-7-16)26-12-11-18(14-26)25(3)4/h6-9,15,18H,5,10-14H2,1-4H3,(H,22,27). The predicted molar refractivity (Wildman–Crippen MR) is 110 cm³/mol. The Kier molecular flexibility index (Phi) is 6.67. The second-order valence-corrected chi connectivity index (χ2v) is 8.12. The topological polar surface area (TPSA) is 74.5 Å². The number of amides is 1. The Labute approximate surface area is 167 Å². The average molecular weight is 386 g/mol. The number of nitrogens with zero attached hydrogens (tertiary/aromatic N) is 4. The van der Waals surface area contributed by atoms with Crippen molar-refractivity contribution in [3.63, 3.8) is 0 Å². The molecule has 1 aromatic carbocycles. The number of hydrogen-bond donors (Lipinski definition) is 1. The Hall–Kier alpha value is -2.41. The van der Waals surface area contributed by atoms with Gasteiger partial charge >= 0.3 is 0 Å². The SMILES string of the molecule is CC(C)CCC(=O)NCc1nc(-c2ccc(N3CCC(N(C)C)C3)cc2)no1. The van der Waals surface area contributed by atoms with Crippen molar-refractivity contribution in [2.24, 2.45) is 5.92 Å². The number of anilines is 1. The van der Waals surface area contributed by atoms with Gasteiger partial charge in [0.2, 0.25) is 17.6 Å². The molecule has 1 aliphatic heterocycles. The number of likely N-dealkylation sites (N-methyl/N-ethyl adjacent to an activating group) is 1. The molecule has 1 aromatic heterocycles. The van der Waals surface area contributed by atoms with Crippen LogP contribution in [0, 0.1) is 5.92 Å². The third-order valence-corrected chi connectivity index (χ3v) is 5.24. The molecule has 1 unspecified atom stereocenters. The largest absolute Gasteiger partial charge is 0.370 e. The molecule has 0 aliphatic carbocycles. The zero-order valence-corrected chi connectivity index (χ0v) is 17.3. The minimum absolute atomic E-state index is 0.0134. The second-order valence-electron chi connectivity index (χ2n) is 8.12. The van der Waals surface area contributed by atoms with Crippen molar-refractivity contribution in [2.75, 3.05) is 32.1 Å². The zero-order valence-electron chi connectivity index (χ0n) is 17.3. The van der Waals surface area contributed by atoms with Gasteiger partial charge in [-0.3, -0.25) is 4.79 Å². The highest BCUT2D eigenvalue weighted by atomic mass is 16.5. The van der Waals surface area contributed by atoms with Gasteiger partial charge in [-0.1, -0.05) is 19.0 Å². The summed E-state index contributed by atoms with van der Waals surface area (Å²) in [7, 11) is 4.27. The first-order valence-electron chi connectivity index (χ1n) is 10.0. The van der Waals surface area contributed by atoms with E-state index in [1.807, 2.05) is 12.1 Å². The maximum Gasteiger partial charge on any atom is 0.246 e. The highest BCUT2D eigenvalue weighted by Gasteiger charge is 2.24. The van der Waals surface area contributed by atoms with E-state index in [9.17, 15) is 4.79 Å². The number of carbonyl (C=O) groups is 1. The van der Waals surface area contributed by atoms with Gasteiger partial charge in [-0.2, -0.15) is 4.98 Å². The zero-order chi connectivity index (χ0) is 20.1. The van der Waals surface area contributed by atoms with Gasteiger partial charge < -0.3 is 19.6 Å². The molecule has 0 spiro atoms. The van der Waals surface area contributed by atoms with Crippen LogP contribution in [0.4, 0.5) is 5.69 Å². The van der Waals surface area contributed by atoms with E-state index in [0.29, 0.717) is 30.1 Å². The molecule has 0 saturated carbocycles. The highest BCUT2D eigenvalue weighted by Crippen LogP contribution is 2.25. The van der Waals surface area contributed by atoms with Crippen LogP contribution in [0.5, 0.6) is 0 Å². The number of hydrogen-bond acceptors (Lipinski definition) is 6. The molecule has 3 rings (SSSR count). The minimum atomic E-state index is 0.0134. The fraction of sp³-hybridized carbons (Fsp3) is 0.571. The molecule has 7 nitrogen and oxygen atoms in total. The summed E-state index contributed by atoms with van der Waals surface area (Å²) in [5, 5.41) is 6.88. The first kappa shape index (κ1) is 20.3. The molecule has 1 saturated heterocycles. The summed E-state index contributed by atoms with van der Waals surface area (Å²) >= 11 is 0. The lowest BCUT2D eigenvalue weighted by Crippen LogP contribution is -2.31. The van der Waals surface area contributed by atoms with Gasteiger partial charge in [0.1, 0.15) is 0 Å². The van der Waals surface area contributed by atoms with Crippen molar-refractivity contribution < 1.29 is 9.32 Å². The van der Waals surface area contributed by atoms with Crippen molar-refractivity contribution in [1.29, 1.82) is 0 Å². The third kappa shape index (κ3) is 5.32. The van der Waals surface area contributed by atoms with E-state index in [2.05, 4.69) is 65.3 Å². The summed E-state index contributed by atoms with van der Waals surface area (Å²) in [4.78, 5) is 20.9. The van der Waals surface area contributed by atoms with Crippen LogP contribution in [0.2, 0.25) is 0 Å². The Morgan fingerprint density at radius 3 is 2.71 bits per heavy atom. The Balaban J connectivity index is 1.54. The summed E-state index contributed by atoms with van der Waals surface area (Å²) in [6.07, 6.45) is 2.58. The fourth-order valence-corrected chi connectivity index (χ4v) is 3.35. The van der Waals surface area contributed by atoms with Crippen LogP contribution in [0.1, 0.15) is 39.0 Å². The summed E-state index contributed by atoms with van der Waals surface area (Å²) in [6, 6.07) is 8.87. The lowest BCUT2D eigenvalue weighted by Gasteiger charge is -2.21. The van der Waals surface area contributed by atoms with Crippen molar-refractivity contribution in [3.05, 3.63) is 30.2 Å². The Bertz CT molecular complexity index is 769. The third-order valence-electron chi connectivity index (χ3n) is 5.24. The summed E-state index contributed by atoms with van der Waals surface area (Å²) in [5.74, 6) is 1.49. The van der Waals surface area contributed by atoms with Crippen LogP contribution in [0.15, 0.2) is 28.8 Å². The first-order chi connectivity index (χ1) is 13.4. The van der Waals surface area contributed by atoms with Gasteiger partial charge in [0.25, 0.3) is 0 Å². The van der Waals surface area contributed by atoms with Gasteiger partial charge in [-0.05, 0) is 57.1 Å². The molecule has 0 radical (unpaired) electrons. The summed E-state index contributed by atoms with van der Waals surface area (Å²) in [6.45, 7) is 6.60. The molecular weight excluding hydrogens is 354 g/mol. The van der Waals surface area contributed by atoms with Crippen LogP contribution in [0.25, 0.3) is 11.4 Å². The molecule has 2 aromatic rings. The Morgan fingerprint density at radius 2 is 2.07 bits per heavy atom. The number of aromatic nitrogens is 2. The molecule has 1 amide bonds. The molecule has 1 aliphatic rings. The molecule has 152 valence electrons. The van der Waals surface area contributed by atoms with Crippen LogP contribution < -0.4 is 10.2 Å². The van der Waals surface area contributed by atoms with Gasteiger partial charge in [0.05, 0.1) is 6.54 Å². The van der Waals surface area contributed by atoms with Crippen molar-refractivity contribution >= 4 is 11.6 Å². The van der Waals surface area contributed by atoms with E-state index in [-0.39, 0.29) is 12.5 Å².